The van der Waals surface area contributed by atoms with Crippen LogP contribution in [0.2, 0.25) is 0 Å². The second-order valence-corrected chi connectivity index (χ2v) is 5.89. The number of carbonyl (C=O) groups excluding carboxylic acids is 1. The minimum atomic E-state index is -0.322. The maximum absolute atomic E-state index is 12.1. The molecule has 3 aromatic carbocycles. The van der Waals surface area contributed by atoms with Gasteiger partial charge in [0.05, 0.1) is 15.7 Å². The first kappa shape index (κ1) is 16.0. The van der Waals surface area contributed by atoms with E-state index in [-0.39, 0.29) is 12.5 Å². The fraction of sp³-hybridized carbons (Fsp3) is 0.0526. The van der Waals surface area contributed by atoms with Gasteiger partial charge in [0.15, 0.2) is 6.61 Å². The minimum Gasteiger partial charge on any atom is -0.483 e. The lowest BCUT2D eigenvalue weighted by Crippen LogP contribution is -2.20. The topological polar surface area (TPSA) is 62.1 Å². The van der Waals surface area contributed by atoms with Crippen molar-refractivity contribution in [2.45, 2.75) is 0 Å². The molecule has 5 heteroatoms. The molecule has 0 atom stereocenters. The van der Waals surface area contributed by atoms with Crippen LogP contribution in [-0.2, 0) is 4.79 Å². The Morgan fingerprint density at radius 3 is 2.67 bits per heavy atom. The fourth-order valence-corrected chi connectivity index (χ4v) is 2.95. The molecule has 0 unspecified atom stereocenters. The molecule has 3 aromatic rings. The number of hydrogen-bond acceptors (Lipinski definition) is 3. The van der Waals surface area contributed by atoms with Crippen LogP contribution in [-0.4, -0.2) is 12.5 Å². The lowest BCUT2D eigenvalue weighted by Gasteiger charge is -2.11. The first-order valence-corrected chi connectivity index (χ1v) is 8.07. The number of benzene rings is 3. The normalized spacial score (nSPS) is 10.2. The lowest BCUT2D eigenvalue weighted by atomic mass is 10.1. The maximum Gasteiger partial charge on any atom is 0.262 e. The van der Waals surface area contributed by atoms with Crippen molar-refractivity contribution in [1.82, 2.24) is 0 Å². The van der Waals surface area contributed by atoms with Gasteiger partial charge in [-0.2, -0.15) is 5.26 Å². The SMILES string of the molecule is N#Cc1ccccc1NC(=O)COc1ccc2ccccc2c1Br. The van der Waals surface area contributed by atoms with E-state index in [0.717, 1.165) is 15.2 Å². The molecule has 24 heavy (non-hydrogen) atoms. The molecular formula is C19H13BrN2O2. The number of nitriles is 1. The Kier molecular flexibility index (Phi) is 4.78. The average Bonchev–Trinajstić information content (AvgIpc) is 2.62. The molecule has 4 nitrogen and oxygen atoms in total. The molecule has 0 fully saturated rings. The Labute approximate surface area is 147 Å². The van der Waals surface area contributed by atoms with Gasteiger partial charge >= 0.3 is 0 Å². The summed E-state index contributed by atoms with van der Waals surface area (Å²) in [5, 5.41) is 13.8. The van der Waals surface area contributed by atoms with Crippen LogP contribution < -0.4 is 10.1 Å². The molecule has 0 spiro atoms. The summed E-state index contributed by atoms with van der Waals surface area (Å²) >= 11 is 3.52. The fourth-order valence-electron chi connectivity index (χ4n) is 2.34. The summed E-state index contributed by atoms with van der Waals surface area (Å²) in [6.45, 7) is -0.142. The molecule has 1 amide bonds. The summed E-state index contributed by atoms with van der Waals surface area (Å²) in [5.74, 6) is 0.273. The Bertz CT molecular complexity index is 947. The van der Waals surface area contributed by atoms with E-state index < -0.39 is 0 Å². The monoisotopic (exact) mass is 380 g/mol. The van der Waals surface area contributed by atoms with E-state index in [4.69, 9.17) is 10.00 Å². The Morgan fingerprint density at radius 1 is 1.08 bits per heavy atom. The van der Waals surface area contributed by atoms with Crippen LogP contribution in [0, 0.1) is 11.3 Å². The van der Waals surface area contributed by atoms with Gasteiger partial charge in [-0.15, -0.1) is 0 Å². The van der Waals surface area contributed by atoms with E-state index in [9.17, 15) is 4.79 Å². The second-order valence-electron chi connectivity index (χ2n) is 5.09. The van der Waals surface area contributed by atoms with E-state index in [1.54, 1.807) is 24.3 Å². The van der Waals surface area contributed by atoms with Crippen molar-refractivity contribution < 1.29 is 9.53 Å². The average molecular weight is 381 g/mol. The molecule has 0 saturated carbocycles. The van der Waals surface area contributed by atoms with Gasteiger partial charge in [-0.1, -0.05) is 42.5 Å². The number of rotatable bonds is 4. The predicted molar refractivity (Wildman–Crippen MR) is 96.9 cm³/mol. The van der Waals surface area contributed by atoms with E-state index >= 15 is 0 Å². The van der Waals surface area contributed by atoms with Gasteiger partial charge in [-0.25, -0.2) is 0 Å². The molecule has 0 heterocycles. The summed E-state index contributed by atoms with van der Waals surface area (Å²) in [6, 6.07) is 20.6. The van der Waals surface area contributed by atoms with Gasteiger partial charge in [-0.3, -0.25) is 4.79 Å². The molecule has 1 N–H and O–H groups in total. The van der Waals surface area contributed by atoms with Gasteiger partial charge in [-0.05, 0) is 44.9 Å². The number of carbonyl (C=O) groups is 1. The highest BCUT2D eigenvalue weighted by atomic mass is 79.9. The van der Waals surface area contributed by atoms with E-state index in [1.165, 1.54) is 0 Å². The number of hydrogen-bond donors (Lipinski definition) is 1. The van der Waals surface area contributed by atoms with E-state index in [2.05, 4.69) is 21.2 Å². The smallest absolute Gasteiger partial charge is 0.262 e. The molecule has 0 radical (unpaired) electrons. The molecule has 0 aliphatic heterocycles. The molecule has 0 aliphatic rings. The van der Waals surface area contributed by atoms with Crippen LogP contribution in [0.15, 0.2) is 65.1 Å². The highest BCUT2D eigenvalue weighted by Crippen LogP contribution is 2.33. The molecule has 0 aromatic heterocycles. The quantitative estimate of drug-likeness (QED) is 0.724. The van der Waals surface area contributed by atoms with Gasteiger partial charge in [0, 0.05) is 0 Å². The number of amides is 1. The molecule has 0 saturated heterocycles. The van der Waals surface area contributed by atoms with Crippen LogP contribution >= 0.6 is 15.9 Å². The molecule has 0 aliphatic carbocycles. The molecule has 3 rings (SSSR count). The minimum absolute atomic E-state index is 0.142. The molecule has 118 valence electrons. The largest absolute Gasteiger partial charge is 0.483 e. The number of nitrogens with one attached hydrogen (secondary N) is 1. The number of nitrogens with zero attached hydrogens (tertiary/aromatic N) is 1. The Hall–Kier alpha value is -2.84. The maximum atomic E-state index is 12.1. The Morgan fingerprint density at radius 2 is 1.83 bits per heavy atom. The number of anilines is 1. The van der Waals surface area contributed by atoms with Crippen molar-refractivity contribution in [3.63, 3.8) is 0 Å². The first-order valence-electron chi connectivity index (χ1n) is 7.28. The molecular weight excluding hydrogens is 368 g/mol. The third-order valence-corrected chi connectivity index (χ3v) is 4.33. The highest BCUT2D eigenvalue weighted by molar-refractivity contribution is 9.10. The predicted octanol–water partition coefficient (Wildman–Crippen LogP) is 4.49. The van der Waals surface area contributed by atoms with Crippen molar-refractivity contribution in [3.8, 4) is 11.8 Å². The van der Waals surface area contributed by atoms with Crippen molar-refractivity contribution in [2.24, 2.45) is 0 Å². The van der Waals surface area contributed by atoms with Crippen LogP contribution in [0.1, 0.15) is 5.56 Å². The van der Waals surface area contributed by atoms with E-state index in [0.29, 0.717) is 17.0 Å². The van der Waals surface area contributed by atoms with Crippen LogP contribution in [0.4, 0.5) is 5.69 Å². The third-order valence-electron chi connectivity index (χ3n) is 3.51. The van der Waals surface area contributed by atoms with Crippen molar-refractivity contribution >= 4 is 38.3 Å². The summed E-state index contributed by atoms with van der Waals surface area (Å²) in [5.41, 5.74) is 0.893. The lowest BCUT2D eigenvalue weighted by molar-refractivity contribution is -0.118. The summed E-state index contributed by atoms with van der Waals surface area (Å²) in [7, 11) is 0. The van der Waals surface area contributed by atoms with Gasteiger partial charge < -0.3 is 10.1 Å². The zero-order chi connectivity index (χ0) is 16.9. The summed E-state index contributed by atoms with van der Waals surface area (Å²) < 4.78 is 6.42. The number of halogens is 1. The number of ether oxygens (including phenoxy) is 1. The number of fused-ring (bicyclic) bond motifs is 1. The standard InChI is InChI=1S/C19H13BrN2O2/c20-19-15-7-3-1-5-13(15)9-10-17(19)24-12-18(23)22-16-8-4-2-6-14(16)11-21/h1-10H,12H2,(H,22,23). The zero-order valence-electron chi connectivity index (χ0n) is 12.6. The summed E-state index contributed by atoms with van der Waals surface area (Å²) in [6.07, 6.45) is 0. The van der Waals surface area contributed by atoms with Crippen molar-refractivity contribution in [1.29, 1.82) is 5.26 Å². The van der Waals surface area contributed by atoms with Crippen LogP contribution in [0.3, 0.4) is 0 Å². The zero-order valence-corrected chi connectivity index (χ0v) is 14.2. The highest BCUT2D eigenvalue weighted by Gasteiger charge is 2.10. The second kappa shape index (κ2) is 7.16. The van der Waals surface area contributed by atoms with Crippen LogP contribution in [0.5, 0.6) is 5.75 Å². The van der Waals surface area contributed by atoms with Gasteiger partial charge in [0.2, 0.25) is 0 Å². The molecule has 0 bridgehead atoms. The van der Waals surface area contributed by atoms with Crippen LogP contribution in [0.25, 0.3) is 10.8 Å². The first-order chi connectivity index (χ1) is 11.7. The number of para-hydroxylation sites is 1. The van der Waals surface area contributed by atoms with E-state index in [1.807, 2.05) is 42.5 Å². The third kappa shape index (κ3) is 3.39. The van der Waals surface area contributed by atoms with Gasteiger partial charge in [0.1, 0.15) is 11.8 Å². The summed E-state index contributed by atoms with van der Waals surface area (Å²) in [4.78, 5) is 12.1. The van der Waals surface area contributed by atoms with Crippen molar-refractivity contribution in [3.05, 3.63) is 70.7 Å². The van der Waals surface area contributed by atoms with Gasteiger partial charge in [0.25, 0.3) is 5.91 Å². The van der Waals surface area contributed by atoms with Crippen molar-refractivity contribution in [2.75, 3.05) is 11.9 Å². The Balaban J connectivity index is 1.71.